The van der Waals surface area contributed by atoms with Gasteiger partial charge in [-0.25, -0.2) is 17.6 Å². The number of nitrogens with two attached hydrogens (primary N) is 1. The lowest BCUT2D eigenvalue weighted by molar-refractivity contribution is -0.0845. The van der Waals surface area contributed by atoms with Gasteiger partial charge in [-0.2, -0.15) is 15.0 Å². The summed E-state index contributed by atoms with van der Waals surface area (Å²) < 4.78 is 59.4. The zero-order valence-corrected chi connectivity index (χ0v) is 12.5. The molecule has 0 atom stereocenters. The van der Waals surface area contributed by atoms with Gasteiger partial charge >= 0.3 is 0 Å². The lowest BCUT2D eigenvalue weighted by atomic mass is 9.79. The van der Waals surface area contributed by atoms with Crippen molar-refractivity contribution in [3.05, 3.63) is 35.2 Å². The van der Waals surface area contributed by atoms with Crippen molar-refractivity contribution in [1.29, 1.82) is 0 Å². The van der Waals surface area contributed by atoms with E-state index in [0.29, 0.717) is 12.8 Å². The molecule has 1 fully saturated rings. The van der Waals surface area contributed by atoms with E-state index >= 15 is 0 Å². The van der Waals surface area contributed by atoms with Crippen molar-refractivity contribution in [1.82, 2.24) is 15.0 Å². The minimum atomic E-state index is -1.60. The Balaban J connectivity index is 2.02. The fourth-order valence-electron chi connectivity index (χ4n) is 2.46. The second-order valence-corrected chi connectivity index (χ2v) is 5.36. The number of benzene rings is 1. The molecule has 0 radical (unpaired) electrons. The fourth-order valence-corrected chi connectivity index (χ4v) is 2.46. The molecule has 1 aromatic carbocycles. The van der Waals surface area contributed by atoms with Crippen LogP contribution in [0.15, 0.2) is 6.07 Å². The molecule has 2 aromatic rings. The van der Waals surface area contributed by atoms with Gasteiger partial charge in [-0.3, -0.25) is 0 Å². The van der Waals surface area contributed by atoms with Gasteiger partial charge in [0.1, 0.15) is 11.3 Å². The van der Waals surface area contributed by atoms with Crippen LogP contribution in [0.5, 0.6) is 0 Å². The summed E-state index contributed by atoms with van der Waals surface area (Å²) in [6, 6.07) is 0.108. The molecule has 1 aliphatic carbocycles. The van der Waals surface area contributed by atoms with E-state index in [4.69, 9.17) is 10.5 Å². The molecule has 10 heteroatoms. The molecule has 1 saturated carbocycles. The van der Waals surface area contributed by atoms with E-state index in [0.717, 1.165) is 6.42 Å². The average Bonchev–Trinajstić information content (AvgIpc) is 2.49. The molecule has 0 saturated heterocycles. The third kappa shape index (κ3) is 2.62. The largest absolute Gasteiger partial charge is 0.370 e. The van der Waals surface area contributed by atoms with E-state index in [1.807, 2.05) is 0 Å². The van der Waals surface area contributed by atoms with Crippen molar-refractivity contribution in [2.24, 2.45) is 0 Å². The highest BCUT2D eigenvalue weighted by atomic mass is 19.2. The predicted octanol–water partition coefficient (Wildman–Crippen LogP) is 2.78. The maximum absolute atomic E-state index is 13.7. The van der Waals surface area contributed by atoms with Crippen LogP contribution in [0, 0.1) is 23.3 Å². The minimum absolute atomic E-state index is 0.108. The Bertz CT molecular complexity index is 765. The zero-order chi connectivity index (χ0) is 17.5. The number of methoxy groups -OCH3 is 1. The van der Waals surface area contributed by atoms with Gasteiger partial charge in [-0.1, -0.05) is 0 Å². The van der Waals surface area contributed by atoms with Gasteiger partial charge in [-0.05, 0) is 19.3 Å². The van der Waals surface area contributed by atoms with Crippen LogP contribution in [-0.4, -0.2) is 22.1 Å². The number of hydrogen-bond acceptors (Lipinski definition) is 6. The Morgan fingerprint density at radius 1 is 1.08 bits per heavy atom. The number of hydrogen-bond donors (Lipinski definition) is 2. The molecule has 0 aliphatic heterocycles. The third-order valence-corrected chi connectivity index (χ3v) is 3.96. The highest BCUT2D eigenvalue weighted by Gasteiger charge is 2.42. The molecule has 1 aliphatic rings. The Morgan fingerprint density at radius 2 is 1.71 bits per heavy atom. The summed E-state index contributed by atoms with van der Waals surface area (Å²) in [4.78, 5) is 11.7. The Kier molecular flexibility index (Phi) is 3.99. The quantitative estimate of drug-likeness (QED) is 0.656. The third-order valence-electron chi connectivity index (χ3n) is 3.96. The maximum atomic E-state index is 13.7. The van der Waals surface area contributed by atoms with E-state index < -0.39 is 34.6 Å². The molecule has 0 spiro atoms. The first-order valence-electron chi connectivity index (χ1n) is 7.03. The van der Waals surface area contributed by atoms with Gasteiger partial charge in [0, 0.05) is 13.2 Å². The van der Waals surface area contributed by atoms with Gasteiger partial charge < -0.3 is 15.8 Å². The molecule has 0 amide bonds. The van der Waals surface area contributed by atoms with Crippen LogP contribution in [0.2, 0.25) is 0 Å². The van der Waals surface area contributed by atoms with Crippen LogP contribution in [0.4, 0.5) is 35.1 Å². The molecule has 3 rings (SSSR count). The van der Waals surface area contributed by atoms with Crippen LogP contribution in [0.3, 0.4) is 0 Å². The van der Waals surface area contributed by atoms with Crippen molar-refractivity contribution >= 4 is 17.6 Å². The number of anilines is 3. The van der Waals surface area contributed by atoms with E-state index in [2.05, 4.69) is 20.3 Å². The number of nitrogen functional groups attached to an aromatic ring is 1. The van der Waals surface area contributed by atoms with Crippen LogP contribution in [0.25, 0.3) is 0 Å². The van der Waals surface area contributed by atoms with Gasteiger partial charge in [0.15, 0.2) is 29.1 Å². The molecule has 0 unspecified atom stereocenters. The predicted molar refractivity (Wildman–Crippen MR) is 76.3 cm³/mol. The zero-order valence-electron chi connectivity index (χ0n) is 12.5. The fraction of sp³-hybridized carbons (Fsp3) is 0.357. The summed E-state index contributed by atoms with van der Waals surface area (Å²) in [6.07, 6.45) is 2.17. The molecular weight excluding hydrogens is 330 g/mol. The highest BCUT2D eigenvalue weighted by Crippen LogP contribution is 2.43. The Labute approximate surface area is 134 Å². The van der Waals surface area contributed by atoms with Gasteiger partial charge in [0.2, 0.25) is 11.9 Å². The van der Waals surface area contributed by atoms with E-state index in [9.17, 15) is 17.6 Å². The number of rotatable bonds is 4. The topological polar surface area (TPSA) is 86.0 Å². The van der Waals surface area contributed by atoms with Crippen molar-refractivity contribution in [3.63, 3.8) is 0 Å². The van der Waals surface area contributed by atoms with Crippen LogP contribution >= 0.6 is 0 Å². The van der Waals surface area contributed by atoms with Crippen molar-refractivity contribution in [2.45, 2.75) is 24.9 Å². The van der Waals surface area contributed by atoms with E-state index in [1.165, 1.54) is 7.11 Å². The molecule has 6 nitrogen and oxygen atoms in total. The SMILES string of the molecule is COC1(c2nc(N)nc(Nc3c(F)c(F)cc(F)c3F)n2)CCC1. The van der Waals surface area contributed by atoms with E-state index in [1.54, 1.807) is 0 Å². The van der Waals surface area contributed by atoms with Crippen LogP contribution in [-0.2, 0) is 10.3 Å². The Hall–Kier alpha value is -2.49. The number of nitrogens with zero attached hydrogens (tertiary/aromatic N) is 3. The molecule has 24 heavy (non-hydrogen) atoms. The van der Waals surface area contributed by atoms with Gasteiger partial charge in [0.25, 0.3) is 0 Å². The number of ether oxygens (including phenoxy) is 1. The minimum Gasteiger partial charge on any atom is -0.370 e. The summed E-state index contributed by atoms with van der Waals surface area (Å²) >= 11 is 0. The molecule has 3 N–H and O–H groups in total. The molecule has 0 bridgehead atoms. The summed E-state index contributed by atoms with van der Waals surface area (Å²) in [5.41, 5.74) is 3.78. The standard InChI is InChI=1S/C14H13F4N5O/c1-24-14(3-2-4-14)11-21-12(19)23-13(22-11)20-10-8(17)6(15)5-7(16)9(10)18/h5H,2-4H2,1H3,(H3,19,20,21,22,23). The monoisotopic (exact) mass is 343 g/mol. The number of aromatic nitrogens is 3. The lowest BCUT2D eigenvalue weighted by Crippen LogP contribution is -2.38. The molecular formula is C14H13F4N5O. The maximum Gasteiger partial charge on any atom is 0.232 e. The summed E-state index contributed by atoms with van der Waals surface area (Å²) in [6.45, 7) is 0. The molecule has 1 heterocycles. The highest BCUT2D eigenvalue weighted by molar-refractivity contribution is 5.56. The number of halogens is 4. The van der Waals surface area contributed by atoms with Gasteiger partial charge in [0.05, 0.1) is 0 Å². The van der Waals surface area contributed by atoms with Crippen LogP contribution in [0.1, 0.15) is 25.1 Å². The lowest BCUT2D eigenvalue weighted by Gasteiger charge is -2.38. The van der Waals surface area contributed by atoms with Crippen LogP contribution < -0.4 is 11.1 Å². The van der Waals surface area contributed by atoms with Crippen molar-refractivity contribution in [2.75, 3.05) is 18.2 Å². The van der Waals surface area contributed by atoms with E-state index in [-0.39, 0.29) is 23.8 Å². The summed E-state index contributed by atoms with van der Waals surface area (Å²) in [7, 11) is 1.48. The van der Waals surface area contributed by atoms with Crippen molar-refractivity contribution < 1.29 is 22.3 Å². The smallest absolute Gasteiger partial charge is 0.232 e. The molecule has 128 valence electrons. The second kappa shape index (κ2) is 5.86. The average molecular weight is 343 g/mol. The first kappa shape index (κ1) is 16.4. The number of nitrogens with one attached hydrogen (secondary N) is 1. The summed E-state index contributed by atoms with van der Waals surface area (Å²) in [5, 5.41) is 2.12. The normalized spacial score (nSPS) is 15.9. The van der Waals surface area contributed by atoms with Gasteiger partial charge in [-0.15, -0.1) is 0 Å². The van der Waals surface area contributed by atoms with Crippen molar-refractivity contribution in [3.8, 4) is 0 Å². The Morgan fingerprint density at radius 3 is 2.21 bits per heavy atom. The first-order valence-corrected chi connectivity index (χ1v) is 7.03. The molecule has 1 aromatic heterocycles. The first-order chi connectivity index (χ1) is 11.4. The summed E-state index contributed by atoms with van der Waals surface area (Å²) in [5.74, 6) is -6.67. The second-order valence-electron chi connectivity index (χ2n) is 5.36.